The summed E-state index contributed by atoms with van der Waals surface area (Å²) in [5.74, 6) is -1.32. The Morgan fingerprint density at radius 2 is 1.65 bits per heavy atom. The van der Waals surface area contributed by atoms with E-state index in [1.807, 2.05) is 19.9 Å². The summed E-state index contributed by atoms with van der Waals surface area (Å²) in [6.45, 7) is 4.21. The molecule has 2 amide bonds. The van der Waals surface area contributed by atoms with E-state index in [2.05, 4.69) is 15.8 Å². The maximum Gasteiger partial charge on any atom is 0.329 e. The lowest BCUT2D eigenvalue weighted by Gasteiger charge is -2.07. The molecule has 0 atom stereocenters. The zero-order valence-corrected chi connectivity index (χ0v) is 17.2. The summed E-state index contributed by atoms with van der Waals surface area (Å²) < 4.78 is 18.6. The fourth-order valence-corrected chi connectivity index (χ4v) is 2.62. The Morgan fingerprint density at radius 3 is 2.32 bits per heavy atom. The second-order valence-electron chi connectivity index (χ2n) is 6.94. The van der Waals surface area contributed by atoms with Gasteiger partial charge in [-0.15, -0.1) is 0 Å². The van der Waals surface area contributed by atoms with E-state index in [4.69, 9.17) is 4.74 Å². The highest BCUT2D eigenvalue weighted by Gasteiger charge is 2.13. The first-order valence-corrected chi connectivity index (χ1v) is 9.59. The Balaban J connectivity index is 1.47. The van der Waals surface area contributed by atoms with Gasteiger partial charge < -0.3 is 10.1 Å². The number of benzene rings is 3. The number of ether oxygens (including phenoxy) is 1. The highest BCUT2D eigenvalue weighted by molar-refractivity contribution is 6.39. The van der Waals surface area contributed by atoms with Crippen molar-refractivity contribution in [2.75, 3.05) is 5.32 Å². The van der Waals surface area contributed by atoms with E-state index in [-0.39, 0.29) is 5.82 Å². The molecule has 0 bridgehead atoms. The average Bonchev–Trinajstić information content (AvgIpc) is 2.76. The first kappa shape index (κ1) is 21.7. The van der Waals surface area contributed by atoms with Crippen LogP contribution in [0.5, 0.6) is 5.75 Å². The van der Waals surface area contributed by atoms with Gasteiger partial charge in [0.15, 0.2) is 0 Å². The molecule has 6 nitrogen and oxygen atoms in total. The monoisotopic (exact) mass is 419 g/mol. The molecule has 0 heterocycles. The van der Waals surface area contributed by atoms with Crippen LogP contribution in [0.2, 0.25) is 0 Å². The molecule has 0 saturated carbocycles. The molecule has 0 unspecified atom stereocenters. The van der Waals surface area contributed by atoms with Crippen molar-refractivity contribution < 1.29 is 18.7 Å². The summed E-state index contributed by atoms with van der Waals surface area (Å²) in [5, 5.41) is 6.34. The number of aryl methyl sites for hydroxylation is 2. The number of amides is 2. The van der Waals surface area contributed by atoms with Gasteiger partial charge in [-0.25, -0.2) is 9.82 Å². The summed E-state index contributed by atoms with van der Waals surface area (Å²) in [6, 6.07) is 18.5. The summed E-state index contributed by atoms with van der Waals surface area (Å²) in [5.41, 5.74) is 6.42. The summed E-state index contributed by atoms with van der Waals surface area (Å²) >= 11 is 0. The Bertz CT molecular complexity index is 1090. The van der Waals surface area contributed by atoms with E-state index in [1.54, 1.807) is 48.5 Å². The van der Waals surface area contributed by atoms with Crippen molar-refractivity contribution in [3.63, 3.8) is 0 Å². The minimum Gasteiger partial charge on any atom is -0.489 e. The number of anilines is 1. The SMILES string of the molecule is Cc1ccc(NC(=O)C(=O)N/N=C\c2ccc(OCc3ccc(F)cc3)cc2)cc1C. The number of nitrogens with zero attached hydrogens (tertiary/aromatic N) is 1. The van der Waals surface area contributed by atoms with Crippen molar-refractivity contribution in [3.8, 4) is 5.75 Å². The van der Waals surface area contributed by atoms with Gasteiger partial charge in [-0.2, -0.15) is 5.10 Å². The predicted octanol–water partition coefficient (Wildman–Crippen LogP) is 4.11. The molecule has 31 heavy (non-hydrogen) atoms. The zero-order chi connectivity index (χ0) is 22.2. The Labute approximate surface area is 179 Å². The van der Waals surface area contributed by atoms with Crippen molar-refractivity contribution in [2.45, 2.75) is 20.5 Å². The first-order chi connectivity index (χ1) is 14.9. The Morgan fingerprint density at radius 1 is 0.935 bits per heavy atom. The molecule has 2 N–H and O–H groups in total. The van der Waals surface area contributed by atoms with Gasteiger partial charge in [-0.05, 0) is 84.6 Å². The first-order valence-electron chi connectivity index (χ1n) is 9.59. The van der Waals surface area contributed by atoms with Crippen molar-refractivity contribution in [1.82, 2.24) is 5.43 Å². The third-order valence-electron chi connectivity index (χ3n) is 4.55. The fraction of sp³-hybridized carbons (Fsp3) is 0.125. The molecule has 0 fully saturated rings. The molecular formula is C24H22FN3O3. The topological polar surface area (TPSA) is 79.8 Å². The van der Waals surface area contributed by atoms with Crippen LogP contribution < -0.4 is 15.5 Å². The molecule has 0 spiro atoms. The molecule has 0 radical (unpaired) electrons. The van der Waals surface area contributed by atoms with Gasteiger partial charge in [-0.3, -0.25) is 9.59 Å². The standard InChI is InChI=1S/C24H22FN3O3/c1-16-3-10-21(13-17(16)2)27-23(29)24(30)28-26-14-18-6-11-22(12-7-18)31-15-19-4-8-20(25)9-5-19/h3-14H,15H2,1-2H3,(H,27,29)(H,28,30)/b26-14-. The molecule has 3 aromatic rings. The number of nitrogens with one attached hydrogen (secondary N) is 2. The number of hydrogen-bond acceptors (Lipinski definition) is 4. The molecule has 7 heteroatoms. The highest BCUT2D eigenvalue weighted by Crippen LogP contribution is 2.15. The maximum absolute atomic E-state index is 12.9. The largest absolute Gasteiger partial charge is 0.489 e. The van der Waals surface area contributed by atoms with E-state index in [1.165, 1.54) is 18.3 Å². The van der Waals surface area contributed by atoms with Crippen LogP contribution in [0.3, 0.4) is 0 Å². The number of carbonyl (C=O) groups excluding carboxylic acids is 2. The summed E-state index contributed by atoms with van der Waals surface area (Å²) in [6.07, 6.45) is 1.42. The lowest BCUT2D eigenvalue weighted by molar-refractivity contribution is -0.136. The molecule has 0 saturated heterocycles. The molecule has 0 aliphatic heterocycles. The lowest BCUT2D eigenvalue weighted by atomic mass is 10.1. The number of carbonyl (C=O) groups is 2. The molecule has 0 aromatic heterocycles. The van der Waals surface area contributed by atoms with Gasteiger partial charge in [0, 0.05) is 5.69 Å². The molecule has 0 aliphatic rings. The van der Waals surface area contributed by atoms with Crippen LogP contribution in [-0.2, 0) is 16.2 Å². The number of hydrogen-bond donors (Lipinski definition) is 2. The van der Waals surface area contributed by atoms with Crippen LogP contribution in [-0.4, -0.2) is 18.0 Å². The van der Waals surface area contributed by atoms with Gasteiger partial charge in [0.05, 0.1) is 6.21 Å². The Hall–Kier alpha value is -4.00. The predicted molar refractivity (Wildman–Crippen MR) is 117 cm³/mol. The minimum atomic E-state index is -0.867. The second-order valence-corrected chi connectivity index (χ2v) is 6.94. The third-order valence-corrected chi connectivity index (χ3v) is 4.55. The number of hydrazone groups is 1. The average molecular weight is 419 g/mol. The third kappa shape index (κ3) is 6.50. The zero-order valence-electron chi connectivity index (χ0n) is 17.2. The van der Waals surface area contributed by atoms with Gasteiger partial charge in [-0.1, -0.05) is 18.2 Å². The number of rotatable bonds is 6. The molecule has 3 aromatic carbocycles. The van der Waals surface area contributed by atoms with E-state index in [0.29, 0.717) is 23.6 Å². The molecule has 0 aliphatic carbocycles. The second kappa shape index (κ2) is 10.2. The van der Waals surface area contributed by atoms with Crippen LogP contribution in [0.1, 0.15) is 22.3 Å². The van der Waals surface area contributed by atoms with Crippen LogP contribution in [0, 0.1) is 19.7 Å². The smallest absolute Gasteiger partial charge is 0.329 e. The quantitative estimate of drug-likeness (QED) is 0.359. The summed E-state index contributed by atoms with van der Waals surface area (Å²) in [7, 11) is 0. The van der Waals surface area contributed by atoms with Crippen LogP contribution >= 0.6 is 0 Å². The van der Waals surface area contributed by atoms with E-state index in [9.17, 15) is 14.0 Å². The van der Waals surface area contributed by atoms with Crippen molar-refractivity contribution in [3.05, 3.63) is 94.8 Å². The fourth-order valence-electron chi connectivity index (χ4n) is 2.62. The number of halogens is 1. The normalized spacial score (nSPS) is 10.7. The summed E-state index contributed by atoms with van der Waals surface area (Å²) in [4.78, 5) is 23.9. The van der Waals surface area contributed by atoms with Crippen molar-refractivity contribution in [1.29, 1.82) is 0 Å². The van der Waals surface area contributed by atoms with Gasteiger partial charge in [0.1, 0.15) is 18.2 Å². The van der Waals surface area contributed by atoms with Gasteiger partial charge in [0.2, 0.25) is 0 Å². The van der Waals surface area contributed by atoms with E-state index < -0.39 is 11.8 Å². The molecule has 3 rings (SSSR count). The van der Waals surface area contributed by atoms with Crippen LogP contribution in [0.25, 0.3) is 0 Å². The van der Waals surface area contributed by atoms with E-state index >= 15 is 0 Å². The van der Waals surface area contributed by atoms with Crippen molar-refractivity contribution >= 4 is 23.7 Å². The highest BCUT2D eigenvalue weighted by atomic mass is 19.1. The lowest BCUT2D eigenvalue weighted by Crippen LogP contribution is -2.32. The van der Waals surface area contributed by atoms with E-state index in [0.717, 1.165) is 16.7 Å². The van der Waals surface area contributed by atoms with Gasteiger partial charge in [0.25, 0.3) is 0 Å². The van der Waals surface area contributed by atoms with Crippen LogP contribution in [0.15, 0.2) is 71.8 Å². The molecular weight excluding hydrogens is 397 g/mol. The van der Waals surface area contributed by atoms with Gasteiger partial charge >= 0.3 is 11.8 Å². The Kier molecular flexibility index (Phi) is 7.11. The molecule has 158 valence electrons. The van der Waals surface area contributed by atoms with Crippen molar-refractivity contribution in [2.24, 2.45) is 5.10 Å². The minimum absolute atomic E-state index is 0.290. The maximum atomic E-state index is 12.9. The van der Waals surface area contributed by atoms with Crippen LogP contribution in [0.4, 0.5) is 10.1 Å².